The first-order valence-corrected chi connectivity index (χ1v) is 5.70. The lowest BCUT2D eigenvalue weighted by atomic mass is 10.2. The minimum Gasteiger partial charge on any atom is -0.493 e. The molecule has 0 aliphatic rings. The molecule has 1 unspecified atom stereocenters. The van der Waals surface area contributed by atoms with Gasteiger partial charge in [-0.2, -0.15) is 0 Å². The average molecular weight is 237 g/mol. The van der Waals surface area contributed by atoms with E-state index in [1.165, 1.54) is 0 Å². The third kappa shape index (κ3) is 4.07. The van der Waals surface area contributed by atoms with E-state index in [1.54, 1.807) is 19.2 Å². The van der Waals surface area contributed by atoms with E-state index in [0.717, 1.165) is 0 Å². The van der Waals surface area contributed by atoms with Crippen LogP contribution in [0.5, 0.6) is 5.75 Å². The van der Waals surface area contributed by atoms with Crippen molar-refractivity contribution in [2.45, 2.75) is 19.9 Å². The van der Waals surface area contributed by atoms with Gasteiger partial charge < -0.3 is 14.8 Å². The maximum absolute atomic E-state index is 12.0. The van der Waals surface area contributed by atoms with E-state index in [1.807, 2.05) is 26.0 Å². The number of methoxy groups -OCH3 is 1. The van der Waals surface area contributed by atoms with Crippen LogP contribution < -0.4 is 10.1 Å². The molecule has 0 aromatic heterocycles. The summed E-state index contributed by atoms with van der Waals surface area (Å²) in [5, 5.41) is 2.85. The van der Waals surface area contributed by atoms with Crippen LogP contribution in [0.15, 0.2) is 24.3 Å². The van der Waals surface area contributed by atoms with E-state index in [-0.39, 0.29) is 11.9 Å². The van der Waals surface area contributed by atoms with Gasteiger partial charge in [-0.05, 0) is 26.0 Å². The first-order chi connectivity index (χ1) is 8.19. The Hall–Kier alpha value is -1.55. The quantitative estimate of drug-likeness (QED) is 0.821. The van der Waals surface area contributed by atoms with Gasteiger partial charge in [0.25, 0.3) is 5.91 Å². The molecule has 0 heterocycles. The Balaban J connectivity index is 2.74. The number of benzene rings is 1. The molecule has 4 heteroatoms. The Labute approximate surface area is 102 Å². The van der Waals surface area contributed by atoms with Crippen molar-refractivity contribution in [1.82, 2.24) is 5.32 Å². The van der Waals surface area contributed by atoms with E-state index in [2.05, 4.69) is 5.32 Å². The lowest BCUT2D eigenvalue weighted by Crippen LogP contribution is -2.35. The first-order valence-electron chi connectivity index (χ1n) is 5.70. The Bertz CT molecular complexity index is 365. The lowest BCUT2D eigenvalue weighted by Gasteiger charge is -2.14. The smallest absolute Gasteiger partial charge is 0.255 e. The van der Waals surface area contributed by atoms with Crippen LogP contribution in [0.1, 0.15) is 24.2 Å². The van der Waals surface area contributed by atoms with Gasteiger partial charge in [-0.1, -0.05) is 12.1 Å². The molecule has 1 atom stereocenters. The molecule has 1 N–H and O–H groups in total. The molecule has 0 fully saturated rings. The summed E-state index contributed by atoms with van der Waals surface area (Å²) < 4.78 is 10.4. The maximum atomic E-state index is 12.0. The molecular weight excluding hydrogens is 218 g/mol. The van der Waals surface area contributed by atoms with Gasteiger partial charge in [-0.15, -0.1) is 0 Å². The molecule has 0 saturated heterocycles. The number of amides is 1. The van der Waals surface area contributed by atoms with Crippen molar-refractivity contribution in [1.29, 1.82) is 0 Å². The number of hydrogen-bond acceptors (Lipinski definition) is 3. The van der Waals surface area contributed by atoms with Crippen LogP contribution in [0, 0.1) is 0 Å². The number of carbonyl (C=O) groups excluding carboxylic acids is 1. The topological polar surface area (TPSA) is 47.6 Å². The summed E-state index contributed by atoms with van der Waals surface area (Å²) in [6.45, 7) is 4.81. The highest BCUT2D eigenvalue weighted by Gasteiger charge is 2.13. The highest BCUT2D eigenvalue weighted by Crippen LogP contribution is 2.17. The maximum Gasteiger partial charge on any atom is 0.255 e. The zero-order chi connectivity index (χ0) is 12.7. The van der Waals surface area contributed by atoms with Crippen LogP contribution >= 0.6 is 0 Å². The second-order valence-electron chi connectivity index (χ2n) is 3.76. The second-order valence-corrected chi connectivity index (χ2v) is 3.76. The van der Waals surface area contributed by atoms with Crippen molar-refractivity contribution < 1.29 is 14.3 Å². The summed E-state index contributed by atoms with van der Waals surface area (Å²) in [6.07, 6.45) is 0. The summed E-state index contributed by atoms with van der Waals surface area (Å²) in [6, 6.07) is 7.18. The summed E-state index contributed by atoms with van der Waals surface area (Å²) >= 11 is 0. The molecule has 17 heavy (non-hydrogen) atoms. The third-order valence-electron chi connectivity index (χ3n) is 2.23. The zero-order valence-corrected chi connectivity index (χ0v) is 10.5. The highest BCUT2D eigenvalue weighted by molar-refractivity contribution is 5.97. The van der Waals surface area contributed by atoms with E-state index < -0.39 is 0 Å². The van der Waals surface area contributed by atoms with Gasteiger partial charge in [-0.3, -0.25) is 4.79 Å². The second kappa shape index (κ2) is 6.91. The molecule has 1 amide bonds. The zero-order valence-electron chi connectivity index (χ0n) is 10.5. The number of carbonyl (C=O) groups is 1. The molecule has 0 bridgehead atoms. The van der Waals surface area contributed by atoms with Gasteiger partial charge in [0.05, 0.1) is 18.8 Å². The molecule has 0 radical (unpaired) electrons. The minimum atomic E-state index is -0.140. The molecule has 0 spiro atoms. The Morgan fingerprint density at radius 2 is 2.12 bits per heavy atom. The van der Waals surface area contributed by atoms with Crippen molar-refractivity contribution in [3.8, 4) is 5.75 Å². The Morgan fingerprint density at radius 1 is 1.41 bits per heavy atom. The largest absolute Gasteiger partial charge is 0.493 e. The molecule has 0 saturated carbocycles. The molecule has 94 valence electrons. The molecular formula is C13H19NO3. The summed E-state index contributed by atoms with van der Waals surface area (Å²) in [4.78, 5) is 12.0. The van der Waals surface area contributed by atoms with E-state index >= 15 is 0 Å². The first kappa shape index (κ1) is 13.5. The fraction of sp³-hybridized carbons (Fsp3) is 0.462. The summed E-state index contributed by atoms with van der Waals surface area (Å²) in [5.74, 6) is 0.468. The molecule has 1 aromatic rings. The number of hydrogen-bond donors (Lipinski definition) is 1. The van der Waals surface area contributed by atoms with Gasteiger partial charge in [0.15, 0.2) is 0 Å². The van der Waals surface area contributed by atoms with Crippen molar-refractivity contribution in [2.75, 3.05) is 20.3 Å². The van der Waals surface area contributed by atoms with Crippen molar-refractivity contribution in [3.63, 3.8) is 0 Å². The molecule has 4 nitrogen and oxygen atoms in total. The van der Waals surface area contributed by atoms with Crippen LogP contribution in [-0.2, 0) is 4.74 Å². The third-order valence-corrected chi connectivity index (χ3v) is 2.23. The summed E-state index contributed by atoms with van der Waals surface area (Å²) in [5.41, 5.74) is 0.553. The van der Waals surface area contributed by atoms with Crippen LogP contribution in [0.3, 0.4) is 0 Å². The van der Waals surface area contributed by atoms with Gasteiger partial charge in [0.2, 0.25) is 0 Å². The summed E-state index contributed by atoms with van der Waals surface area (Å²) in [7, 11) is 1.61. The number of para-hydroxylation sites is 1. The molecule has 0 aliphatic heterocycles. The van der Waals surface area contributed by atoms with Crippen molar-refractivity contribution in [2.24, 2.45) is 0 Å². The lowest BCUT2D eigenvalue weighted by molar-refractivity contribution is 0.0902. The monoisotopic (exact) mass is 237 g/mol. The van der Waals surface area contributed by atoms with Crippen molar-refractivity contribution >= 4 is 5.91 Å². The Morgan fingerprint density at radius 3 is 2.76 bits per heavy atom. The van der Waals surface area contributed by atoms with Crippen LogP contribution in [-0.4, -0.2) is 32.3 Å². The van der Waals surface area contributed by atoms with Crippen molar-refractivity contribution in [3.05, 3.63) is 29.8 Å². The molecule has 1 rings (SSSR count). The predicted octanol–water partition coefficient (Wildman–Crippen LogP) is 1.85. The van der Waals surface area contributed by atoms with Gasteiger partial charge in [0, 0.05) is 13.2 Å². The number of rotatable bonds is 6. The highest BCUT2D eigenvalue weighted by atomic mass is 16.5. The van der Waals surface area contributed by atoms with E-state index in [0.29, 0.717) is 24.5 Å². The normalized spacial score (nSPS) is 11.9. The molecule has 0 aliphatic carbocycles. The van der Waals surface area contributed by atoms with Gasteiger partial charge in [0.1, 0.15) is 5.75 Å². The van der Waals surface area contributed by atoms with Gasteiger partial charge >= 0.3 is 0 Å². The van der Waals surface area contributed by atoms with Crippen LogP contribution in [0.25, 0.3) is 0 Å². The standard InChI is InChI=1S/C13H19NO3/c1-4-17-12-8-6-5-7-11(12)13(15)14-10(2)9-16-3/h5-8,10H,4,9H2,1-3H3,(H,14,15). The van der Waals surface area contributed by atoms with Crippen LogP contribution in [0.4, 0.5) is 0 Å². The Kier molecular flexibility index (Phi) is 5.49. The number of ether oxygens (including phenoxy) is 2. The van der Waals surface area contributed by atoms with Crippen LogP contribution in [0.2, 0.25) is 0 Å². The average Bonchev–Trinajstić information content (AvgIpc) is 2.30. The van der Waals surface area contributed by atoms with Gasteiger partial charge in [-0.25, -0.2) is 0 Å². The number of nitrogens with one attached hydrogen (secondary N) is 1. The fourth-order valence-electron chi connectivity index (χ4n) is 1.53. The SMILES string of the molecule is CCOc1ccccc1C(=O)NC(C)COC. The minimum absolute atomic E-state index is 0.0258. The van der Waals surface area contributed by atoms with E-state index in [4.69, 9.17) is 9.47 Å². The predicted molar refractivity (Wildman–Crippen MR) is 66.4 cm³/mol. The van der Waals surface area contributed by atoms with E-state index in [9.17, 15) is 4.79 Å². The molecule has 1 aromatic carbocycles. The fourth-order valence-corrected chi connectivity index (χ4v) is 1.53.